The molecule has 1 aromatic rings. The number of halogens is 2. The van der Waals surface area contributed by atoms with Crippen molar-refractivity contribution in [3.05, 3.63) is 29.8 Å². The Bertz CT molecular complexity index is 276. The minimum Gasteiger partial charge on any atom is -0.464 e. The quantitative estimate of drug-likeness (QED) is 0.533. The summed E-state index contributed by atoms with van der Waals surface area (Å²) >= 11 is 0. The molecule has 0 heterocycles. The molecule has 2 nitrogen and oxygen atoms in total. The van der Waals surface area contributed by atoms with E-state index in [1.54, 1.807) is 6.92 Å². The molecule has 1 aromatic carbocycles. The Morgan fingerprint density at radius 3 is 2.77 bits per heavy atom. The molecule has 0 unspecified atom stereocenters. The Balaban J connectivity index is 2.61. The average Bonchev–Trinajstić information content (AvgIpc) is 2.13. The van der Waals surface area contributed by atoms with Crippen molar-refractivity contribution < 1.29 is 18.3 Å². The van der Waals surface area contributed by atoms with E-state index < -0.39 is 11.6 Å². The zero-order valence-corrected chi connectivity index (χ0v) is 7.22. The van der Waals surface area contributed by atoms with E-state index in [2.05, 4.69) is 0 Å². The summed E-state index contributed by atoms with van der Waals surface area (Å²) < 4.78 is 35.1. The highest BCUT2D eigenvalue weighted by molar-refractivity contribution is 5.24. The number of ether oxygens (including phenoxy) is 2. The van der Waals surface area contributed by atoms with Crippen molar-refractivity contribution in [2.75, 3.05) is 13.4 Å². The van der Waals surface area contributed by atoms with E-state index in [1.165, 1.54) is 12.1 Å². The third kappa shape index (κ3) is 2.66. The maximum Gasteiger partial charge on any atom is 0.200 e. The predicted octanol–water partition coefficient (Wildman–Crippen LogP) is 2.34. The van der Waals surface area contributed by atoms with Gasteiger partial charge in [-0.25, -0.2) is 4.39 Å². The van der Waals surface area contributed by atoms with Gasteiger partial charge in [0.25, 0.3) is 0 Å². The van der Waals surface area contributed by atoms with Crippen LogP contribution in [0.2, 0.25) is 0 Å². The number of hydrogen-bond acceptors (Lipinski definition) is 2. The van der Waals surface area contributed by atoms with Gasteiger partial charge < -0.3 is 9.47 Å². The standard InChI is InChI=1S/C9H10F2O2/c1-2-12-6-13-8-5-3-4-7(10)9(8)11/h3-5H,2,6H2,1H3. The van der Waals surface area contributed by atoms with Crippen LogP contribution in [0.1, 0.15) is 6.92 Å². The van der Waals surface area contributed by atoms with Gasteiger partial charge in [0.1, 0.15) is 0 Å². The lowest BCUT2D eigenvalue weighted by atomic mass is 10.3. The highest BCUT2D eigenvalue weighted by Gasteiger charge is 2.07. The largest absolute Gasteiger partial charge is 0.464 e. The normalized spacial score (nSPS) is 10.1. The van der Waals surface area contributed by atoms with Crippen molar-refractivity contribution in [2.24, 2.45) is 0 Å². The first-order chi connectivity index (χ1) is 6.25. The molecule has 0 aliphatic heterocycles. The van der Waals surface area contributed by atoms with E-state index in [0.717, 1.165) is 6.07 Å². The molecule has 1 rings (SSSR count). The molecule has 0 atom stereocenters. The van der Waals surface area contributed by atoms with Crippen molar-refractivity contribution in [1.29, 1.82) is 0 Å². The minimum absolute atomic E-state index is 0.0725. The first kappa shape index (κ1) is 9.92. The van der Waals surface area contributed by atoms with Crippen LogP contribution in [-0.2, 0) is 4.74 Å². The lowest BCUT2D eigenvalue weighted by Crippen LogP contribution is -2.04. The lowest BCUT2D eigenvalue weighted by molar-refractivity contribution is 0.0197. The van der Waals surface area contributed by atoms with Crippen LogP contribution in [-0.4, -0.2) is 13.4 Å². The van der Waals surface area contributed by atoms with Gasteiger partial charge in [-0.1, -0.05) is 6.07 Å². The highest BCUT2D eigenvalue weighted by Crippen LogP contribution is 2.18. The summed E-state index contributed by atoms with van der Waals surface area (Å²) in [6, 6.07) is 3.75. The van der Waals surface area contributed by atoms with Gasteiger partial charge in [0.2, 0.25) is 5.82 Å². The summed E-state index contributed by atoms with van der Waals surface area (Å²) in [4.78, 5) is 0. The maximum absolute atomic E-state index is 12.9. The van der Waals surface area contributed by atoms with E-state index in [-0.39, 0.29) is 12.5 Å². The molecule has 0 radical (unpaired) electrons. The van der Waals surface area contributed by atoms with Gasteiger partial charge in [0.15, 0.2) is 18.4 Å². The van der Waals surface area contributed by atoms with Gasteiger partial charge in [0.05, 0.1) is 0 Å². The summed E-state index contributed by atoms with van der Waals surface area (Å²) in [5.41, 5.74) is 0. The van der Waals surface area contributed by atoms with Crippen LogP contribution >= 0.6 is 0 Å². The molecule has 0 N–H and O–H groups in total. The van der Waals surface area contributed by atoms with Gasteiger partial charge in [0, 0.05) is 6.61 Å². The fourth-order valence-electron chi connectivity index (χ4n) is 0.784. The van der Waals surface area contributed by atoms with Crippen LogP contribution in [0, 0.1) is 11.6 Å². The second kappa shape index (κ2) is 4.77. The molecule has 0 spiro atoms. The van der Waals surface area contributed by atoms with Crippen LogP contribution in [0.3, 0.4) is 0 Å². The van der Waals surface area contributed by atoms with Crippen LogP contribution in [0.25, 0.3) is 0 Å². The van der Waals surface area contributed by atoms with Crippen molar-refractivity contribution in [3.63, 3.8) is 0 Å². The van der Waals surface area contributed by atoms with Crippen molar-refractivity contribution in [1.82, 2.24) is 0 Å². The van der Waals surface area contributed by atoms with E-state index in [4.69, 9.17) is 9.47 Å². The van der Waals surface area contributed by atoms with E-state index in [1.807, 2.05) is 0 Å². The van der Waals surface area contributed by atoms with E-state index in [9.17, 15) is 8.78 Å². The monoisotopic (exact) mass is 188 g/mol. The third-order valence-electron chi connectivity index (χ3n) is 1.42. The fraction of sp³-hybridized carbons (Fsp3) is 0.333. The zero-order valence-electron chi connectivity index (χ0n) is 7.22. The van der Waals surface area contributed by atoms with Crippen molar-refractivity contribution in [3.8, 4) is 5.75 Å². The van der Waals surface area contributed by atoms with Crippen LogP contribution in [0.5, 0.6) is 5.75 Å². The van der Waals surface area contributed by atoms with Gasteiger partial charge in [-0.05, 0) is 19.1 Å². The van der Waals surface area contributed by atoms with Gasteiger partial charge in [-0.3, -0.25) is 0 Å². The first-order valence-corrected chi connectivity index (χ1v) is 3.90. The Morgan fingerprint density at radius 1 is 1.31 bits per heavy atom. The summed E-state index contributed by atoms with van der Waals surface area (Å²) in [7, 11) is 0. The van der Waals surface area contributed by atoms with Crippen molar-refractivity contribution in [2.45, 2.75) is 6.92 Å². The Kier molecular flexibility index (Phi) is 3.64. The van der Waals surface area contributed by atoms with Gasteiger partial charge in [-0.2, -0.15) is 4.39 Å². The van der Waals surface area contributed by atoms with Crippen LogP contribution in [0.15, 0.2) is 18.2 Å². The molecule has 0 aliphatic carbocycles. The van der Waals surface area contributed by atoms with E-state index in [0.29, 0.717) is 6.61 Å². The highest BCUT2D eigenvalue weighted by atomic mass is 19.2. The molecule has 0 saturated heterocycles. The summed E-state index contributed by atoms with van der Waals surface area (Å²) in [6.07, 6.45) is 0. The van der Waals surface area contributed by atoms with Crippen molar-refractivity contribution >= 4 is 0 Å². The number of hydrogen-bond donors (Lipinski definition) is 0. The third-order valence-corrected chi connectivity index (χ3v) is 1.42. The first-order valence-electron chi connectivity index (χ1n) is 3.90. The molecule has 0 fully saturated rings. The van der Waals surface area contributed by atoms with Gasteiger partial charge in [-0.15, -0.1) is 0 Å². The minimum atomic E-state index is -0.984. The second-order valence-electron chi connectivity index (χ2n) is 2.31. The molecule has 0 aromatic heterocycles. The Labute approximate surface area is 75.1 Å². The smallest absolute Gasteiger partial charge is 0.200 e. The van der Waals surface area contributed by atoms with Crippen LogP contribution in [0.4, 0.5) is 8.78 Å². The SMILES string of the molecule is CCOCOc1cccc(F)c1F. The molecule has 0 amide bonds. The Morgan fingerprint density at radius 2 is 2.08 bits per heavy atom. The molecular formula is C9H10F2O2. The average molecular weight is 188 g/mol. The molecule has 13 heavy (non-hydrogen) atoms. The predicted molar refractivity (Wildman–Crippen MR) is 43.5 cm³/mol. The van der Waals surface area contributed by atoms with Crippen LogP contribution < -0.4 is 4.74 Å². The fourth-order valence-corrected chi connectivity index (χ4v) is 0.784. The molecule has 4 heteroatoms. The molecular weight excluding hydrogens is 178 g/mol. The zero-order chi connectivity index (χ0) is 9.68. The summed E-state index contributed by atoms with van der Waals surface area (Å²) in [5, 5.41) is 0. The lowest BCUT2D eigenvalue weighted by Gasteiger charge is -2.06. The number of benzene rings is 1. The molecule has 0 aliphatic rings. The molecule has 72 valence electrons. The molecule has 0 saturated carbocycles. The molecule has 0 bridgehead atoms. The summed E-state index contributed by atoms with van der Waals surface area (Å²) in [5.74, 6) is -2.04. The topological polar surface area (TPSA) is 18.5 Å². The second-order valence-corrected chi connectivity index (χ2v) is 2.31. The summed E-state index contributed by atoms with van der Waals surface area (Å²) in [6.45, 7) is 2.18. The van der Waals surface area contributed by atoms with E-state index >= 15 is 0 Å². The Hall–Kier alpha value is -1.16. The van der Waals surface area contributed by atoms with Gasteiger partial charge >= 0.3 is 0 Å². The number of rotatable bonds is 4. The maximum atomic E-state index is 12.9.